The van der Waals surface area contributed by atoms with Gasteiger partial charge in [-0.25, -0.2) is 4.98 Å². The minimum Gasteiger partial charge on any atom is -0.346 e. The van der Waals surface area contributed by atoms with E-state index in [1.807, 2.05) is 0 Å². The Balaban J connectivity index is 2.11. The molecule has 0 bridgehead atoms. The Morgan fingerprint density at radius 2 is 2.20 bits per heavy atom. The van der Waals surface area contributed by atoms with Gasteiger partial charge in [0.2, 0.25) is 0 Å². The number of benzene rings is 1. The molecule has 0 radical (unpaired) electrons. The molecule has 0 saturated heterocycles. The van der Waals surface area contributed by atoms with Crippen molar-refractivity contribution in [2.24, 2.45) is 0 Å². The van der Waals surface area contributed by atoms with Crippen molar-refractivity contribution in [1.29, 1.82) is 0 Å². The van der Waals surface area contributed by atoms with Gasteiger partial charge in [0.1, 0.15) is 10.5 Å². The second-order valence-electron chi connectivity index (χ2n) is 5.22. The van der Waals surface area contributed by atoms with E-state index in [1.165, 1.54) is 24.0 Å². The lowest BCUT2D eigenvalue weighted by molar-refractivity contribution is 0.586. The summed E-state index contributed by atoms with van der Waals surface area (Å²) in [6, 6.07) is 8.70. The molecule has 1 aliphatic carbocycles. The molecule has 0 aliphatic heterocycles. The van der Waals surface area contributed by atoms with Crippen LogP contribution < -0.4 is 0 Å². The first-order valence-electron chi connectivity index (χ1n) is 7.07. The number of rotatable bonds is 2. The SMILES string of the molecule is CCc1[nH]c(C2CCCc3ccccc32)nc(=S)c1Br. The third-order valence-electron chi connectivity index (χ3n) is 4.01. The molecule has 1 heterocycles. The third kappa shape index (κ3) is 2.47. The Kier molecular flexibility index (Phi) is 4.03. The topological polar surface area (TPSA) is 28.7 Å². The summed E-state index contributed by atoms with van der Waals surface area (Å²) in [4.78, 5) is 8.11. The zero-order valence-corrected chi connectivity index (χ0v) is 13.9. The molecular formula is C16H17BrN2S. The highest BCUT2D eigenvalue weighted by Crippen LogP contribution is 2.35. The lowest BCUT2D eigenvalue weighted by Crippen LogP contribution is -2.15. The van der Waals surface area contributed by atoms with Crippen LogP contribution in [0.3, 0.4) is 0 Å². The molecule has 0 saturated carbocycles. The molecule has 20 heavy (non-hydrogen) atoms. The molecule has 0 fully saturated rings. The number of nitrogens with zero attached hydrogens (tertiary/aromatic N) is 1. The van der Waals surface area contributed by atoms with Gasteiger partial charge in [0.15, 0.2) is 0 Å². The largest absolute Gasteiger partial charge is 0.346 e. The molecule has 1 aromatic heterocycles. The van der Waals surface area contributed by atoms with Gasteiger partial charge in [-0.1, -0.05) is 43.4 Å². The van der Waals surface area contributed by atoms with E-state index in [4.69, 9.17) is 12.2 Å². The van der Waals surface area contributed by atoms with Crippen LogP contribution >= 0.6 is 28.1 Å². The van der Waals surface area contributed by atoms with Crippen molar-refractivity contribution < 1.29 is 0 Å². The summed E-state index contributed by atoms with van der Waals surface area (Å²) in [6.45, 7) is 2.13. The van der Waals surface area contributed by atoms with E-state index in [-0.39, 0.29) is 0 Å². The lowest BCUT2D eigenvalue weighted by Gasteiger charge is -2.25. The van der Waals surface area contributed by atoms with Crippen LogP contribution in [0, 0.1) is 4.64 Å². The van der Waals surface area contributed by atoms with Gasteiger partial charge in [-0.15, -0.1) is 0 Å². The number of hydrogen-bond donors (Lipinski definition) is 1. The van der Waals surface area contributed by atoms with Gasteiger partial charge in [-0.2, -0.15) is 0 Å². The van der Waals surface area contributed by atoms with Gasteiger partial charge in [-0.05, 0) is 52.7 Å². The second kappa shape index (κ2) is 5.78. The number of H-pyrrole nitrogens is 1. The van der Waals surface area contributed by atoms with Crippen molar-refractivity contribution in [2.45, 2.75) is 38.5 Å². The van der Waals surface area contributed by atoms with E-state index in [1.54, 1.807) is 0 Å². The number of halogens is 1. The number of aryl methyl sites for hydroxylation is 2. The van der Waals surface area contributed by atoms with E-state index in [2.05, 4.69) is 57.1 Å². The summed E-state index contributed by atoms with van der Waals surface area (Å²) in [5, 5.41) is 0. The highest BCUT2D eigenvalue weighted by atomic mass is 79.9. The molecule has 104 valence electrons. The highest BCUT2D eigenvalue weighted by molar-refractivity contribution is 9.10. The molecular weight excluding hydrogens is 332 g/mol. The normalized spacial score (nSPS) is 17.8. The molecule has 4 heteroatoms. The zero-order chi connectivity index (χ0) is 14.1. The predicted molar refractivity (Wildman–Crippen MR) is 87.7 cm³/mol. The van der Waals surface area contributed by atoms with Crippen LogP contribution in [-0.4, -0.2) is 9.97 Å². The van der Waals surface area contributed by atoms with Crippen LogP contribution in [0.25, 0.3) is 0 Å². The highest BCUT2D eigenvalue weighted by Gasteiger charge is 2.23. The smallest absolute Gasteiger partial charge is 0.144 e. The van der Waals surface area contributed by atoms with Crippen LogP contribution in [-0.2, 0) is 12.8 Å². The Bertz CT molecular complexity index is 693. The minimum absolute atomic E-state index is 0.347. The van der Waals surface area contributed by atoms with Gasteiger partial charge in [0.05, 0.1) is 4.47 Å². The van der Waals surface area contributed by atoms with E-state index in [9.17, 15) is 0 Å². The van der Waals surface area contributed by atoms with Gasteiger partial charge in [-0.3, -0.25) is 0 Å². The minimum atomic E-state index is 0.347. The number of hydrogen-bond acceptors (Lipinski definition) is 2. The maximum atomic E-state index is 5.38. The summed E-state index contributed by atoms with van der Waals surface area (Å²) in [5.41, 5.74) is 4.00. The van der Waals surface area contributed by atoms with E-state index < -0.39 is 0 Å². The maximum Gasteiger partial charge on any atom is 0.144 e. The molecule has 2 nitrogen and oxygen atoms in total. The van der Waals surface area contributed by atoms with Crippen LogP contribution in [0.2, 0.25) is 0 Å². The van der Waals surface area contributed by atoms with Crippen LogP contribution in [0.4, 0.5) is 0 Å². The fraction of sp³-hybridized carbons (Fsp3) is 0.375. The summed E-state index contributed by atoms with van der Waals surface area (Å²) in [7, 11) is 0. The average molecular weight is 349 g/mol. The second-order valence-corrected chi connectivity index (χ2v) is 6.40. The van der Waals surface area contributed by atoms with Crippen LogP contribution in [0.15, 0.2) is 28.7 Å². The van der Waals surface area contributed by atoms with Gasteiger partial charge in [0, 0.05) is 11.6 Å². The first-order valence-corrected chi connectivity index (χ1v) is 8.27. The summed E-state index contributed by atoms with van der Waals surface area (Å²) < 4.78 is 1.60. The molecule has 1 unspecified atom stereocenters. The predicted octanol–water partition coefficient (Wildman–Crippen LogP) is 4.93. The lowest BCUT2D eigenvalue weighted by atomic mass is 9.82. The first-order chi connectivity index (χ1) is 9.70. The fourth-order valence-electron chi connectivity index (χ4n) is 2.97. The summed E-state index contributed by atoms with van der Waals surface area (Å²) in [6.07, 6.45) is 4.44. The van der Waals surface area contributed by atoms with Crippen LogP contribution in [0.1, 0.15) is 48.3 Å². The van der Waals surface area contributed by atoms with E-state index >= 15 is 0 Å². The quantitative estimate of drug-likeness (QED) is 0.779. The molecule has 2 aromatic rings. The number of aromatic nitrogens is 2. The number of nitrogens with one attached hydrogen (secondary N) is 1. The monoisotopic (exact) mass is 348 g/mol. The zero-order valence-electron chi connectivity index (χ0n) is 11.4. The number of fused-ring (bicyclic) bond motifs is 1. The Morgan fingerprint density at radius 1 is 1.40 bits per heavy atom. The van der Waals surface area contributed by atoms with Crippen LogP contribution in [0.5, 0.6) is 0 Å². The standard InChI is InChI=1S/C16H17BrN2S/c1-2-13-14(17)16(20)19-15(18-13)12-9-5-7-10-6-3-4-8-11(10)12/h3-4,6,8,12H,2,5,7,9H2,1H3,(H,18,19,20). The molecule has 1 aliphatic rings. The van der Waals surface area contributed by atoms with Gasteiger partial charge >= 0.3 is 0 Å². The van der Waals surface area contributed by atoms with Crippen molar-refractivity contribution >= 4 is 28.1 Å². The Morgan fingerprint density at radius 3 is 3.00 bits per heavy atom. The summed E-state index contributed by atoms with van der Waals surface area (Å²) in [5.74, 6) is 1.36. The maximum absolute atomic E-state index is 5.38. The molecule has 3 rings (SSSR count). The summed E-state index contributed by atoms with van der Waals surface area (Å²) >= 11 is 8.92. The van der Waals surface area contributed by atoms with E-state index in [0.717, 1.165) is 28.8 Å². The first kappa shape index (κ1) is 14.0. The van der Waals surface area contributed by atoms with Crippen molar-refractivity contribution in [2.75, 3.05) is 0 Å². The molecule has 1 aromatic carbocycles. The Labute approximate surface area is 132 Å². The Hall–Kier alpha value is -1.00. The van der Waals surface area contributed by atoms with E-state index in [0.29, 0.717) is 10.6 Å². The van der Waals surface area contributed by atoms with Crippen molar-refractivity contribution in [1.82, 2.24) is 9.97 Å². The third-order valence-corrected chi connectivity index (χ3v) is 5.42. The molecule has 1 atom stereocenters. The molecule has 1 N–H and O–H groups in total. The molecule has 0 spiro atoms. The van der Waals surface area contributed by atoms with Gasteiger partial charge in [0.25, 0.3) is 0 Å². The number of aromatic amines is 1. The van der Waals surface area contributed by atoms with Crippen molar-refractivity contribution in [3.8, 4) is 0 Å². The van der Waals surface area contributed by atoms with Gasteiger partial charge < -0.3 is 4.98 Å². The van der Waals surface area contributed by atoms with Crippen molar-refractivity contribution in [3.63, 3.8) is 0 Å². The van der Waals surface area contributed by atoms with Crippen molar-refractivity contribution in [3.05, 3.63) is 56.0 Å². The fourth-order valence-corrected chi connectivity index (χ4v) is 3.66. The molecule has 0 amide bonds. The average Bonchev–Trinajstić information content (AvgIpc) is 2.49.